The summed E-state index contributed by atoms with van der Waals surface area (Å²) in [6.07, 6.45) is 2.75. The number of nitrogens with two attached hydrogens (primary N) is 1. The quantitative estimate of drug-likeness (QED) is 0.633. The fraction of sp³-hybridized carbons (Fsp3) is 0.393. The Morgan fingerprint density at radius 3 is 2.48 bits per heavy atom. The lowest BCUT2D eigenvalue weighted by molar-refractivity contribution is -0.120. The van der Waals surface area contributed by atoms with E-state index in [1.54, 1.807) is 0 Å². The first-order valence-corrected chi connectivity index (χ1v) is 12.2. The van der Waals surface area contributed by atoms with Gasteiger partial charge in [0.15, 0.2) is 0 Å². The number of aliphatic hydroxyl groups is 1. The third-order valence-corrected chi connectivity index (χ3v) is 7.99. The molecule has 3 aromatic rings. The summed E-state index contributed by atoms with van der Waals surface area (Å²) in [4.78, 5) is 18.1. The Bertz CT molecular complexity index is 1200. The first-order chi connectivity index (χ1) is 16.2. The molecule has 0 radical (unpaired) electrons. The van der Waals surface area contributed by atoms with E-state index in [9.17, 15) is 9.90 Å². The number of aliphatic hydroxyl groups excluding tert-OH is 1. The molecule has 3 unspecified atom stereocenters. The second-order valence-corrected chi connectivity index (χ2v) is 9.79. The van der Waals surface area contributed by atoms with Gasteiger partial charge in [-0.2, -0.15) is 0 Å². The molecular weight excluding hydrogens is 410 g/mol. The molecule has 0 spiro atoms. The zero-order valence-corrected chi connectivity index (χ0v) is 18.9. The minimum Gasteiger partial charge on any atom is -0.392 e. The van der Waals surface area contributed by atoms with E-state index in [1.165, 1.54) is 21.9 Å². The molecule has 3 aliphatic rings. The van der Waals surface area contributed by atoms with Crippen LogP contribution in [0.1, 0.15) is 47.9 Å². The van der Waals surface area contributed by atoms with Crippen LogP contribution in [0.15, 0.2) is 60.7 Å². The summed E-state index contributed by atoms with van der Waals surface area (Å²) in [6.45, 7) is 2.16. The van der Waals surface area contributed by atoms with Crippen molar-refractivity contribution in [1.29, 1.82) is 0 Å². The van der Waals surface area contributed by atoms with Crippen LogP contribution in [-0.4, -0.2) is 47.7 Å². The molecule has 6 rings (SSSR count). The smallest absolute Gasteiger partial charge is 0.234 e. The van der Waals surface area contributed by atoms with Gasteiger partial charge in [0.25, 0.3) is 0 Å². The number of likely N-dealkylation sites (tertiary alicyclic amines) is 1. The van der Waals surface area contributed by atoms with Crippen LogP contribution in [-0.2, 0) is 11.2 Å². The van der Waals surface area contributed by atoms with Crippen LogP contribution >= 0.6 is 0 Å². The van der Waals surface area contributed by atoms with Crippen LogP contribution in [0.4, 0.5) is 5.69 Å². The number of carbonyl (C=O) groups is 1. The Hall–Kier alpha value is -2.73. The van der Waals surface area contributed by atoms with Gasteiger partial charge in [-0.1, -0.05) is 54.6 Å². The number of hydrogen-bond donors (Lipinski definition) is 2. The molecule has 5 heteroatoms. The van der Waals surface area contributed by atoms with Crippen molar-refractivity contribution in [2.45, 2.75) is 49.8 Å². The molecule has 3 N–H and O–H groups in total. The Morgan fingerprint density at radius 1 is 0.970 bits per heavy atom. The maximum absolute atomic E-state index is 13.5. The van der Waals surface area contributed by atoms with Crippen molar-refractivity contribution in [2.75, 3.05) is 24.5 Å². The molecular formula is C28H31N3O2. The van der Waals surface area contributed by atoms with E-state index in [1.807, 2.05) is 23.1 Å². The van der Waals surface area contributed by atoms with Crippen molar-refractivity contribution in [3.63, 3.8) is 0 Å². The van der Waals surface area contributed by atoms with Crippen LogP contribution in [0.5, 0.6) is 0 Å². The minimum atomic E-state index is -0.652. The largest absolute Gasteiger partial charge is 0.392 e. The Kier molecular flexibility index (Phi) is 5.21. The molecule has 2 heterocycles. The maximum Gasteiger partial charge on any atom is 0.234 e. The highest BCUT2D eigenvalue weighted by Gasteiger charge is 2.42. The van der Waals surface area contributed by atoms with Gasteiger partial charge in [0.1, 0.15) is 0 Å². The summed E-state index contributed by atoms with van der Waals surface area (Å²) in [6, 6.07) is 22.1. The zero-order chi connectivity index (χ0) is 22.5. The van der Waals surface area contributed by atoms with E-state index in [0.29, 0.717) is 12.5 Å². The second kappa shape index (κ2) is 8.24. The van der Waals surface area contributed by atoms with E-state index < -0.39 is 6.10 Å². The number of piperidine rings is 1. The van der Waals surface area contributed by atoms with E-state index in [-0.39, 0.29) is 24.4 Å². The normalized spacial score (nSPS) is 23.9. The molecule has 170 valence electrons. The van der Waals surface area contributed by atoms with Gasteiger partial charge >= 0.3 is 0 Å². The second-order valence-electron chi connectivity index (χ2n) is 9.79. The van der Waals surface area contributed by atoms with E-state index in [0.717, 1.165) is 43.6 Å². The molecule has 0 saturated carbocycles. The average molecular weight is 442 g/mol. The van der Waals surface area contributed by atoms with Gasteiger partial charge in [0.05, 0.1) is 12.0 Å². The van der Waals surface area contributed by atoms with Crippen molar-refractivity contribution in [3.05, 3.63) is 77.4 Å². The molecule has 0 bridgehead atoms. The number of rotatable bonds is 5. The Labute approximate surface area is 194 Å². The van der Waals surface area contributed by atoms with Crippen LogP contribution < -0.4 is 10.6 Å². The first kappa shape index (κ1) is 20.8. The number of benzene rings is 3. The van der Waals surface area contributed by atoms with Crippen molar-refractivity contribution >= 4 is 22.4 Å². The monoisotopic (exact) mass is 441 g/mol. The van der Waals surface area contributed by atoms with Gasteiger partial charge in [-0.3, -0.25) is 9.69 Å². The van der Waals surface area contributed by atoms with Gasteiger partial charge in [0.2, 0.25) is 5.91 Å². The van der Waals surface area contributed by atoms with Gasteiger partial charge in [-0.25, -0.2) is 0 Å². The number of anilines is 1. The minimum absolute atomic E-state index is 0.125. The van der Waals surface area contributed by atoms with E-state index >= 15 is 0 Å². The van der Waals surface area contributed by atoms with Crippen LogP contribution in [0.2, 0.25) is 0 Å². The summed E-state index contributed by atoms with van der Waals surface area (Å²) < 4.78 is 0. The molecule has 3 aromatic carbocycles. The predicted molar refractivity (Wildman–Crippen MR) is 131 cm³/mol. The van der Waals surface area contributed by atoms with Gasteiger partial charge in [-0.05, 0) is 59.2 Å². The third-order valence-electron chi connectivity index (χ3n) is 7.99. The molecule has 1 fully saturated rings. The molecule has 1 amide bonds. The highest BCUT2D eigenvalue weighted by atomic mass is 16.3. The lowest BCUT2D eigenvalue weighted by Gasteiger charge is -2.40. The first-order valence-electron chi connectivity index (χ1n) is 12.2. The average Bonchev–Trinajstić information content (AvgIpc) is 3.36. The summed E-state index contributed by atoms with van der Waals surface area (Å²) in [5.74, 6) is -0.167. The maximum atomic E-state index is 13.5. The standard InChI is InChI=1S/C28H31N3O2/c29-17-21(32)16-24-22-8-1-2-10-25(22)31(28(24)33)20-11-13-30(14-12-20)26-15-19-7-3-5-18-6-4-9-23(26)27(18)19/h1-10,20-21,24,26,32H,11-17,29H2. The van der Waals surface area contributed by atoms with E-state index in [2.05, 4.69) is 47.4 Å². The summed E-state index contributed by atoms with van der Waals surface area (Å²) in [7, 11) is 0. The fourth-order valence-corrected chi connectivity index (χ4v) is 6.39. The number of carbonyl (C=O) groups excluding carboxylic acids is 1. The highest BCUT2D eigenvalue weighted by Crippen LogP contribution is 2.44. The van der Waals surface area contributed by atoms with Crippen molar-refractivity contribution < 1.29 is 9.90 Å². The van der Waals surface area contributed by atoms with Crippen molar-refractivity contribution in [1.82, 2.24) is 4.90 Å². The topological polar surface area (TPSA) is 69.8 Å². The molecule has 3 atom stereocenters. The van der Waals surface area contributed by atoms with Crippen LogP contribution in [0, 0.1) is 0 Å². The summed E-state index contributed by atoms with van der Waals surface area (Å²) in [5.41, 5.74) is 10.6. The summed E-state index contributed by atoms with van der Waals surface area (Å²) >= 11 is 0. The summed E-state index contributed by atoms with van der Waals surface area (Å²) in [5, 5.41) is 12.9. The number of fused-ring (bicyclic) bond motifs is 1. The van der Waals surface area contributed by atoms with Gasteiger partial charge < -0.3 is 15.7 Å². The number of nitrogens with zero attached hydrogens (tertiary/aromatic N) is 2. The van der Waals surface area contributed by atoms with Gasteiger partial charge in [0, 0.05) is 37.4 Å². The van der Waals surface area contributed by atoms with Gasteiger partial charge in [-0.15, -0.1) is 0 Å². The van der Waals surface area contributed by atoms with E-state index in [4.69, 9.17) is 5.73 Å². The zero-order valence-electron chi connectivity index (χ0n) is 18.9. The van der Waals surface area contributed by atoms with Crippen molar-refractivity contribution in [3.8, 4) is 0 Å². The lowest BCUT2D eigenvalue weighted by atomic mass is 9.94. The fourth-order valence-electron chi connectivity index (χ4n) is 6.39. The van der Waals surface area contributed by atoms with Crippen molar-refractivity contribution in [2.24, 2.45) is 5.73 Å². The molecule has 5 nitrogen and oxygen atoms in total. The SMILES string of the molecule is NCC(O)CC1C(=O)N(C2CCN(C3Cc4cccc5cccc3c45)CC2)c2ccccc21. The Balaban J connectivity index is 1.20. The number of para-hydroxylation sites is 1. The Morgan fingerprint density at radius 2 is 1.70 bits per heavy atom. The molecule has 2 aliphatic heterocycles. The van der Waals surface area contributed by atoms with Crippen LogP contribution in [0.3, 0.4) is 0 Å². The number of hydrogen-bond acceptors (Lipinski definition) is 4. The molecule has 0 aromatic heterocycles. The highest BCUT2D eigenvalue weighted by molar-refractivity contribution is 6.05. The molecule has 1 saturated heterocycles. The number of amides is 1. The molecule has 1 aliphatic carbocycles. The lowest BCUT2D eigenvalue weighted by Crippen LogP contribution is -2.47. The third kappa shape index (κ3) is 3.38. The molecule has 33 heavy (non-hydrogen) atoms. The van der Waals surface area contributed by atoms with Crippen LogP contribution in [0.25, 0.3) is 10.8 Å². The predicted octanol–water partition coefficient (Wildman–Crippen LogP) is 3.74.